The molecule has 0 spiro atoms. The molecular weight excluding hydrogens is 721 g/mol. The normalized spacial score (nSPS) is 14.6. The van der Waals surface area contributed by atoms with Crippen LogP contribution in [0.4, 0.5) is 0 Å². The van der Waals surface area contributed by atoms with Crippen LogP contribution in [-0.2, 0) is 27.9 Å². The van der Waals surface area contributed by atoms with Gasteiger partial charge in [-0.25, -0.2) is 4.57 Å². The SMILES string of the molecule is CC/C=C\C/C=C\C/C=C\C/C=C\C/C=C\C/C=C\C/C=C\CCCC(=O)OC(COCCCCCCCCCCCCC)COP(=O)(O)OCC[N+](C)(C)C. The molecular formula is C47H83NO7P+. The zero-order valence-electron chi connectivity index (χ0n) is 36.3. The van der Waals surface area contributed by atoms with E-state index in [9.17, 15) is 14.3 Å². The number of hydrogen-bond donors (Lipinski definition) is 1. The number of ether oxygens (including phenoxy) is 2. The molecule has 0 aliphatic rings. The highest BCUT2D eigenvalue weighted by Crippen LogP contribution is 2.43. The minimum absolute atomic E-state index is 0.0741. The summed E-state index contributed by atoms with van der Waals surface area (Å²) in [5.74, 6) is -0.374. The summed E-state index contributed by atoms with van der Waals surface area (Å²) in [6.45, 7) is 5.40. The molecule has 0 saturated carbocycles. The van der Waals surface area contributed by atoms with E-state index in [1.807, 2.05) is 21.1 Å². The van der Waals surface area contributed by atoms with E-state index in [0.717, 1.165) is 64.2 Å². The van der Waals surface area contributed by atoms with Crippen LogP contribution in [-0.4, -0.2) is 75.6 Å². The van der Waals surface area contributed by atoms with Gasteiger partial charge in [-0.2, -0.15) is 0 Å². The van der Waals surface area contributed by atoms with Crippen molar-refractivity contribution >= 4 is 13.8 Å². The monoisotopic (exact) mass is 805 g/mol. The number of quaternary nitrogens is 1. The van der Waals surface area contributed by atoms with Gasteiger partial charge < -0.3 is 18.9 Å². The van der Waals surface area contributed by atoms with Crippen LogP contribution in [0.5, 0.6) is 0 Å². The minimum atomic E-state index is -4.29. The lowest BCUT2D eigenvalue weighted by Gasteiger charge is -2.24. The number of likely N-dealkylation sites (N-methyl/N-ethyl adjacent to an activating group) is 1. The van der Waals surface area contributed by atoms with Gasteiger partial charge in [-0.1, -0.05) is 163 Å². The Kier molecular flexibility index (Phi) is 37.9. The number of nitrogens with zero attached hydrogens (tertiary/aromatic N) is 1. The Bertz CT molecular complexity index is 1170. The van der Waals surface area contributed by atoms with Crippen molar-refractivity contribution in [2.75, 3.05) is 54.1 Å². The van der Waals surface area contributed by atoms with Crippen molar-refractivity contribution in [1.29, 1.82) is 0 Å². The summed E-state index contributed by atoms with van der Waals surface area (Å²) < 4.78 is 34.9. The number of hydrogen-bond acceptors (Lipinski definition) is 6. The third kappa shape index (κ3) is 42.8. The largest absolute Gasteiger partial charge is 0.472 e. The van der Waals surface area contributed by atoms with Gasteiger partial charge in [0.2, 0.25) is 0 Å². The highest BCUT2D eigenvalue weighted by atomic mass is 31.2. The Hall–Kier alpha value is -2.32. The van der Waals surface area contributed by atoms with Gasteiger partial charge in [-0.05, 0) is 64.2 Å². The molecule has 0 saturated heterocycles. The van der Waals surface area contributed by atoms with Crippen LogP contribution < -0.4 is 0 Å². The van der Waals surface area contributed by atoms with E-state index in [4.69, 9.17) is 18.5 Å². The van der Waals surface area contributed by atoms with E-state index in [0.29, 0.717) is 24.1 Å². The first-order valence-corrected chi connectivity index (χ1v) is 23.3. The van der Waals surface area contributed by atoms with Gasteiger partial charge >= 0.3 is 13.8 Å². The maximum atomic E-state index is 12.7. The quantitative estimate of drug-likeness (QED) is 0.0217. The number of phosphoric ester groups is 1. The van der Waals surface area contributed by atoms with Crippen LogP contribution in [0.15, 0.2) is 85.1 Å². The smallest absolute Gasteiger partial charge is 0.457 e. The van der Waals surface area contributed by atoms with E-state index < -0.39 is 13.9 Å². The van der Waals surface area contributed by atoms with E-state index in [1.54, 1.807) is 0 Å². The number of esters is 1. The third-order valence-electron chi connectivity index (χ3n) is 8.72. The number of allylic oxidation sites excluding steroid dienone is 14. The average Bonchev–Trinajstić information content (AvgIpc) is 3.15. The minimum Gasteiger partial charge on any atom is -0.457 e. The lowest BCUT2D eigenvalue weighted by molar-refractivity contribution is -0.870. The first-order chi connectivity index (χ1) is 27.1. The summed E-state index contributed by atoms with van der Waals surface area (Å²) in [6, 6.07) is 0. The summed E-state index contributed by atoms with van der Waals surface area (Å²) in [5, 5.41) is 0. The van der Waals surface area contributed by atoms with Crippen LogP contribution in [0.3, 0.4) is 0 Å². The summed E-state index contributed by atoms with van der Waals surface area (Å²) in [5.41, 5.74) is 0. The molecule has 2 unspecified atom stereocenters. The van der Waals surface area contributed by atoms with Crippen molar-refractivity contribution in [3.05, 3.63) is 85.1 Å². The van der Waals surface area contributed by atoms with Crippen LogP contribution in [0.25, 0.3) is 0 Å². The molecule has 0 radical (unpaired) electrons. The lowest BCUT2D eigenvalue weighted by atomic mass is 10.1. The third-order valence-corrected chi connectivity index (χ3v) is 9.71. The number of rotatable bonds is 39. The molecule has 56 heavy (non-hydrogen) atoms. The molecule has 0 aliphatic carbocycles. The van der Waals surface area contributed by atoms with Gasteiger partial charge in [-0.3, -0.25) is 13.8 Å². The fourth-order valence-corrected chi connectivity index (χ4v) is 6.11. The Morgan fingerprint density at radius 2 is 1.02 bits per heavy atom. The second kappa shape index (κ2) is 39.5. The van der Waals surface area contributed by atoms with Gasteiger partial charge in [0, 0.05) is 13.0 Å². The number of phosphoric acid groups is 1. The molecule has 322 valence electrons. The summed E-state index contributed by atoms with van der Waals surface area (Å²) >= 11 is 0. The molecule has 0 fully saturated rings. The van der Waals surface area contributed by atoms with E-state index in [1.165, 1.54) is 57.8 Å². The maximum Gasteiger partial charge on any atom is 0.472 e. The zero-order valence-corrected chi connectivity index (χ0v) is 37.2. The van der Waals surface area contributed by atoms with Gasteiger partial charge in [-0.15, -0.1) is 0 Å². The topological polar surface area (TPSA) is 91.3 Å². The van der Waals surface area contributed by atoms with Crippen molar-refractivity contribution in [3.8, 4) is 0 Å². The zero-order chi connectivity index (χ0) is 41.3. The Morgan fingerprint density at radius 3 is 1.48 bits per heavy atom. The van der Waals surface area contributed by atoms with Gasteiger partial charge in [0.15, 0.2) is 0 Å². The van der Waals surface area contributed by atoms with Crippen molar-refractivity contribution in [2.24, 2.45) is 0 Å². The molecule has 0 aromatic heterocycles. The summed E-state index contributed by atoms with van der Waals surface area (Å²) in [7, 11) is 1.62. The van der Waals surface area contributed by atoms with Crippen molar-refractivity contribution < 1.29 is 37.3 Å². The predicted octanol–water partition coefficient (Wildman–Crippen LogP) is 12.9. The second-order valence-corrected chi connectivity index (χ2v) is 16.8. The molecule has 0 aromatic carbocycles. The molecule has 9 heteroatoms. The van der Waals surface area contributed by atoms with Gasteiger partial charge in [0.25, 0.3) is 0 Å². The second-order valence-electron chi connectivity index (χ2n) is 15.3. The molecule has 1 N–H and O–H groups in total. The first kappa shape index (κ1) is 53.7. The van der Waals surface area contributed by atoms with E-state index >= 15 is 0 Å². The molecule has 2 atom stereocenters. The molecule has 0 amide bonds. The van der Waals surface area contributed by atoms with Gasteiger partial charge in [0.1, 0.15) is 19.3 Å². The molecule has 0 rings (SSSR count). The standard InChI is InChI=1S/C47H82NO7P/c1-6-8-10-12-14-16-18-19-20-21-22-23-24-25-26-27-28-29-30-32-34-36-38-40-47(49)55-46(45-54-56(50,51)53-43-41-48(3,4)5)44-52-42-39-37-35-33-31-17-15-13-11-9-7-2/h8,10,14,16,19-20,22-23,25-26,28-29,32,34,46H,6-7,9,11-13,15,17-18,21,24,27,30-31,33,35-45H2,1-5H3/p+1/b10-8-,16-14-,20-19-,23-22-,26-25-,29-28-,34-32-. The van der Waals surface area contributed by atoms with Crippen molar-refractivity contribution in [2.45, 2.75) is 155 Å². The van der Waals surface area contributed by atoms with Crippen LogP contribution in [0, 0.1) is 0 Å². The Labute approximate surface area is 344 Å². The number of carbonyl (C=O) groups is 1. The van der Waals surface area contributed by atoms with Gasteiger partial charge in [0.05, 0.1) is 34.4 Å². The highest BCUT2D eigenvalue weighted by Gasteiger charge is 2.26. The Morgan fingerprint density at radius 1 is 0.571 bits per heavy atom. The lowest BCUT2D eigenvalue weighted by Crippen LogP contribution is -2.37. The number of unbranched alkanes of at least 4 members (excludes halogenated alkanes) is 11. The molecule has 0 aliphatic heterocycles. The maximum absolute atomic E-state index is 12.7. The van der Waals surface area contributed by atoms with Crippen LogP contribution >= 0.6 is 7.82 Å². The number of carbonyl (C=O) groups excluding carboxylic acids is 1. The highest BCUT2D eigenvalue weighted by molar-refractivity contribution is 7.47. The van der Waals surface area contributed by atoms with E-state index in [-0.39, 0.29) is 32.2 Å². The van der Waals surface area contributed by atoms with E-state index in [2.05, 4.69) is 98.9 Å². The fourth-order valence-electron chi connectivity index (χ4n) is 5.36. The first-order valence-electron chi connectivity index (χ1n) is 21.8. The summed E-state index contributed by atoms with van der Waals surface area (Å²) in [6.07, 6.45) is 52.0. The van der Waals surface area contributed by atoms with Crippen molar-refractivity contribution in [3.63, 3.8) is 0 Å². The van der Waals surface area contributed by atoms with Crippen LogP contribution in [0.2, 0.25) is 0 Å². The Balaban J connectivity index is 4.35. The average molecular weight is 805 g/mol. The predicted molar refractivity (Wildman–Crippen MR) is 238 cm³/mol. The fraction of sp³-hybridized carbons (Fsp3) is 0.681. The molecule has 0 bridgehead atoms. The molecule has 0 heterocycles. The molecule has 0 aromatic rings. The molecule has 8 nitrogen and oxygen atoms in total. The van der Waals surface area contributed by atoms with Crippen LogP contribution in [0.1, 0.15) is 149 Å². The summed E-state index contributed by atoms with van der Waals surface area (Å²) in [4.78, 5) is 22.8. The van der Waals surface area contributed by atoms with Crippen molar-refractivity contribution in [1.82, 2.24) is 0 Å².